The largest absolute Gasteiger partial charge is 0.370 e. The Hall–Kier alpha value is -1.97. The summed E-state index contributed by atoms with van der Waals surface area (Å²) in [5.41, 5.74) is 4.53. The molecule has 110 valence electrons. The Morgan fingerprint density at radius 3 is 2.86 bits per heavy atom. The lowest BCUT2D eigenvalue weighted by Gasteiger charge is -2.20. The molecule has 0 spiro atoms. The van der Waals surface area contributed by atoms with Crippen molar-refractivity contribution in [3.8, 4) is 11.5 Å². The van der Waals surface area contributed by atoms with Crippen molar-refractivity contribution in [3.63, 3.8) is 0 Å². The molecule has 0 atom stereocenters. The van der Waals surface area contributed by atoms with E-state index in [9.17, 15) is 0 Å². The van der Waals surface area contributed by atoms with Gasteiger partial charge in [-0.2, -0.15) is 0 Å². The Bertz CT molecular complexity index is 637. The molecular formula is C17H22N4. The van der Waals surface area contributed by atoms with Gasteiger partial charge in [-0.3, -0.25) is 4.98 Å². The highest BCUT2D eigenvalue weighted by molar-refractivity contribution is 5.59. The van der Waals surface area contributed by atoms with Crippen molar-refractivity contribution in [2.75, 3.05) is 11.9 Å². The summed E-state index contributed by atoms with van der Waals surface area (Å²) in [5, 5.41) is 3.47. The summed E-state index contributed by atoms with van der Waals surface area (Å²) in [6.07, 6.45) is 7.50. The number of nitrogens with zero attached hydrogens (tertiary/aromatic N) is 3. The minimum absolute atomic E-state index is 0.757. The third kappa shape index (κ3) is 2.89. The van der Waals surface area contributed by atoms with E-state index in [0.717, 1.165) is 48.7 Å². The number of fused-ring (bicyclic) bond motifs is 1. The van der Waals surface area contributed by atoms with Crippen molar-refractivity contribution in [3.05, 3.63) is 35.2 Å². The molecular weight excluding hydrogens is 260 g/mol. The Balaban J connectivity index is 2.07. The van der Waals surface area contributed by atoms with Crippen molar-refractivity contribution < 1.29 is 0 Å². The molecule has 1 N–H and O–H groups in total. The second kappa shape index (κ2) is 6.20. The van der Waals surface area contributed by atoms with Crippen LogP contribution in [0.2, 0.25) is 0 Å². The highest BCUT2D eigenvalue weighted by atomic mass is 15.0. The monoisotopic (exact) mass is 282 g/mol. The zero-order chi connectivity index (χ0) is 14.7. The maximum Gasteiger partial charge on any atom is 0.180 e. The molecule has 0 bridgehead atoms. The molecule has 0 saturated heterocycles. The smallest absolute Gasteiger partial charge is 0.180 e. The predicted molar refractivity (Wildman–Crippen MR) is 85.4 cm³/mol. The fraction of sp³-hybridized carbons (Fsp3) is 0.471. The highest BCUT2D eigenvalue weighted by Crippen LogP contribution is 2.28. The van der Waals surface area contributed by atoms with E-state index < -0.39 is 0 Å². The Morgan fingerprint density at radius 1 is 1.19 bits per heavy atom. The van der Waals surface area contributed by atoms with E-state index in [0.29, 0.717) is 0 Å². The van der Waals surface area contributed by atoms with Gasteiger partial charge >= 0.3 is 0 Å². The molecule has 2 heterocycles. The van der Waals surface area contributed by atoms with Gasteiger partial charge in [-0.25, -0.2) is 9.97 Å². The number of nitrogens with one attached hydrogen (secondary N) is 1. The van der Waals surface area contributed by atoms with Crippen LogP contribution in [0.15, 0.2) is 18.3 Å². The van der Waals surface area contributed by atoms with E-state index in [-0.39, 0.29) is 0 Å². The molecule has 0 saturated carbocycles. The second-order valence-electron chi connectivity index (χ2n) is 5.62. The van der Waals surface area contributed by atoms with Gasteiger partial charge in [-0.05, 0) is 50.7 Å². The summed E-state index contributed by atoms with van der Waals surface area (Å²) in [4.78, 5) is 14.0. The minimum Gasteiger partial charge on any atom is -0.370 e. The number of hydrogen-bond acceptors (Lipinski definition) is 4. The van der Waals surface area contributed by atoms with Gasteiger partial charge in [0.1, 0.15) is 11.5 Å². The topological polar surface area (TPSA) is 50.7 Å². The van der Waals surface area contributed by atoms with Crippen molar-refractivity contribution in [1.29, 1.82) is 0 Å². The molecule has 4 nitrogen and oxygen atoms in total. The number of rotatable bonds is 4. The Labute approximate surface area is 126 Å². The molecule has 2 aromatic rings. The number of aryl methyl sites for hydroxylation is 2. The van der Waals surface area contributed by atoms with Gasteiger partial charge in [0, 0.05) is 24.0 Å². The fourth-order valence-corrected chi connectivity index (χ4v) is 2.81. The van der Waals surface area contributed by atoms with Crippen LogP contribution < -0.4 is 5.32 Å². The van der Waals surface area contributed by atoms with Crippen molar-refractivity contribution in [2.45, 2.75) is 46.0 Å². The maximum atomic E-state index is 4.80. The average Bonchev–Trinajstić information content (AvgIpc) is 2.53. The van der Waals surface area contributed by atoms with Crippen molar-refractivity contribution in [1.82, 2.24) is 15.0 Å². The first kappa shape index (κ1) is 14.0. The first-order chi connectivity index (χ1) is 10.3. The van der Waals surface area contributed by atoms with E-state index >= 15 is 0 Å². The van der Waals surface area contributed by atoms with Gasteiger partial charge in [-0.15, -0.1) is 0 Å². The quantitative estimate of drug-likeness (QED) is 0.931. The Morgan fingerprint density at radius 2 is 2.05 bits per heavy atom. The summed E-state index contributed by atoms with van der Waals surface area (Å²) in [5.74, 6) is 1.77. The molecule has 0 aromatic carbocycles. The lowest BCUT2D eigenvalue weighted by molar-refractivity contribution is 0.664. The van der Waals surface area contributed by atoms with Gasteiger partial charge in [-0.1, -0.05) is 13.0 Å². The molecule has 0 unspecified atom stereocenters. The normalized spacial score (nSPS) is 13.8. The van der Waals surface area contributed by atoms with Gasteiger partial charge in [0.25, 0.3) is 0 Å². The van der Waals surface area contributed by atoms with E-state index in [1.807, 2.05) is 12.3 Å². The third-order valence-electron chi connectivity index (χ3n) is 3.95. The molecule has 21 heavy (non-hydrogen) atoms. The van der Waals surface area contributed by atoms with Crippen LogP contribution in [-0.2, 0) is 12.8 Å². The van der Waals surface area contributed by atoms with Crippen LogP contribution >= 0.6 is 0 Å². The van der Waals surface area contributed by atoms with E-state index in [4.69, 9.17) is 9.97 Å². The summed E-state index contributed by atoms with van der Waals surface area (Å²) < 4.78 is 0. The van der Waals surface area contributed by atoms with Crippen LogP contribution in [0.1, 0.15) is 43.0 Å². The van der Waals surface area contributed by atoms with Crippen LogP contribution in [0, 0.1) is 6.92 Å². The van der Waals surface area contributed by atoms with Gasteiger partial charge < -0.3 is 5.32 Å². The number of anilines is 1. The van der Waals surface area contributed by atoms with Crippen LogP contribution in [0.4, 0.5) is 5.82 Å². The zero-order valence-electron chi connectivity index (χ0n) is 12.8. The summed E-state index contributed by atoms with van der Waals surface area (Å²) in [6.45, 7) is 5.18. The molecule has 0 fully saturated rings. The van der Waals surface area contributed by atoms with Crippen LogP contribution in [0.3, 0.4) is 0 Å². The van der Waals surface area contributed by atoms with Gasteiger partial charge in [0.05, 0.1) is 0 Å². The summed E-state index contributed by atoms with van der Waals surface area (Å²) in [7, 11) is 0. The van der Waals surface area contributed by atoms with Crippen LogP contribution in [0.5, 0.6) is 0 Å². The number of hydrogen-bond donors (Lipinski definition) is 1. The van der Waals surface area contributed by atoms with E-state index in [2.05, 4.69) is 30.2 Å². The summed E-state index contributed by atoms with van der Waals surface area (Å²) in [6, 6.07) is 4.01. The second-order valence-corrected chi connectivity index (χ2v) is 5.62. The summed E-state index contributed by atoms with van der Waals surface area (Å²) >= 11 is 0. The number of pyridine rings is 1. The van der Waals surface area contributed by atoms with Crippen molar-refractivity contribution >= 4 is 5.82 Å². The highest BCUT2D eigenvalue weighted by Gasteiger charge is 2.19. The zero-order valence-corrected chi connectivity index (χ0v) is 12.8. The lowest BCUT2D eigenvalue weighted by atomic mass is 9.96. The van der Waals surface area contributed by atoms with Gasteiger partial charge in [0.2, 0.25) is 0 Å². The molecule has 1 aliphatic rings. The molecule has 0 aliphatic heterocycles. The lowest BCUT2D eigenvalue weighted by Crippen LogP contribution is -2.14. The standard InChI is InChI=1S/C17H22N4/c1-3-10-19-16-13-8-4-5-9-14(13)20-17(21-16)15-12(2)7-6-11-18-15/h6-7,11H,3-5,8-10H2,1-2H3,(H,19,20,21). The molecule has 0 radical (unpaired) electrons. The SMILES string of the molecule is CCCNc1nc(-c2ncccc2C)nc2c1CCCC2. The fourth-order valence-electron chi connectivity index (χ4n) is 2.81. The molecule has 0 amide bonds. The van der Waals surface area contributed by atoms with E-state index in [1.165, 1.54) is 24.1 Å². The van der Waals surface area contributed by atoms with Gasteiger partial charge in [0.15, 0.2) is 5.82 Å². The van der Waals surface area contributed by atoms with Crippen LogP contribution in [-0.4, -0.2) is 21.5 Å². The minimum atomic E-state index is 0.757. The predicted octanol–water partition coefficient (Wildman–Crippen LogP) is 3.55. The first-order valence-corrected chi connectivity index (χ1v) is 7.85. The molecule has 1 aliphatic carbocycles. The maximum absolute atomic E-state index is 4.80. The third-order valence-corrected chi connectivity index (χ3v) is 3.95. The van der Waals surface area contributed by atoms with Crippen LogP contribution in [0.25, 0.3) is 11.5 Å². The average molecular weight is 282 g/mol. The molecule has 2 aromatic heterocycles. The van der Waals surface area contributed by atoms with E-state index in [1.54, 1.807) is 0 Å². The molecule has 4 heteroatoms. The first-order valence-electron chi connectivity index (χ1n) is 7.85. The number of aromatic nitrogens is 3. The Kier molecular flexibility index (Phi) is 4.13. The van der Waals surface area contributed by atoms with Crippen molar-refractivity contribution in [2.24, 2.45) is 0 Å². The molecule has 3 rings (SSSR count).